The zero-order chi connectivity index (χ0) is 16.8. The monoisotopic (exact) mass is 574 g/mol. The van der Waals surface area contributed by atoms with Crippen LogP contribution in [0.2, 0.25) is 0 Å². The summed E-state index contributed by atoms with van der Waals surface area (Å²) in [5, 5.41) is 0. The molecule has 0 N–H and O–H groups in total. The number of pyridine rings is 1. The second-order valence-electron chi connectivity index (χ2n) is 5.53. The summed E-state index contributed by atoms with van der Waals surface area (Å²) in [4.78, 5) is 22.7. The number of ether oxygens (including phenoxy) is 2. The third kappa shape index (κ3) is 8.38. The Labute approximate surface area is 216 Å². The summed E-state index contributed by atoms with van der Waals surface area (Å²) in [6.07, 6.45) is 1.59. The van der Waals surface area contributed by atoms with Gasteiger partial charge in [0.25, 0.3) is 0 Å². The van der Waals surface area contributed by atoms with Crippen LogP contribution in [0.3, 0.4) is 0 Å². The second kappa shape index (κ2) is 15.8. The summed E-state index contributed by atoms with van der Waals surface area (Å²) in [6, 6.07) is 5.76. The first-order valence-electron chi connectivity index (χ1n) is 7.97. The first-order chi connectivity index (χ1) is 11.8. The van der Waals surface area contributed by atoms with Crippen molar-refractivity contribution in [3.05, 3.63) is 29.6 Å². The van der Waals surface area contributed by atoms with Gasteiger partial charge >= 0.3 is 40.8 Å². The maximum atomic E-state index is 5.08. The van der Waals surface area contributed by atoms with Crippen molar-refractivity contribution >= 4 is 23.1 Å². The van der Waals surface area contributed by atoms with Gasteiger partial charge < -0.3 is 46.7 Å². The van der Waals surface area contributed by atoms with Crippen molar-refractivity contribution in [2.75, 3.05) is 40.5 Å². The number of rotatable bonds is 8. The predicted octanol–water partition coefficient (Wildman–Crippen LogP) is -7.43. The van der Waals surface area contributed by atoms with Gasteiger partial charge in [0.15, 0.2) is 11.7 Å². The molecule has 0 aromatic carbocycles. The number of methoxy groups -OCH3 is 2. The summed E-state index contributed by atoms with van der Waals surface area (Å²) in [5.41, 5.74) is 3.56. The summed E-state index contributed by atoms with van der Waals surface area (Å²) in [7, 11) is 3.37. The number of amidine groups is 2. The van der Waals surface area contributed by atoms with Crippen LogP contribution in [0.4, 0.5) is 0 Å². The molecule has 2 aliphatic heterocycles. The van der Waals surface area contributed by atoms with Gasteiger partial charge in [-0.05, 0) is 12.1 Å². The minimum absolute atomic E-state index is 0. The molecular formula is C17H21Cl3N5NdO2. The normalized spacial score (nSPS) is 14.4. The van der Waals surface area contributed by atoms with Crippen molar-refractivity contribution in [3.8, 4) is 0 Å². The van der Waals surface area contributed by atoms with Crippen LogP contribution in [0.15, 0.2) is 38.2 Å². The van der Waals surface area contributed by atoms with Crippen LogP contribution in [0.5, 0.6) is 0 Å². The van der Waals surface area contributed by atoms with Gasteiger partial charge in [-0.25, -0.2) is 15.0 Å². The van der Waals surface area contributed by atoms with Gasteiger partial charge in [0.2, 0.25) is 0 Å². The third-order valence-corrected chi connectivity index (χ3v) is 3.75. The van der Waals surface area contributed by atoms with E-state index in [2.05, 4.69) is 25.0 Å². The average molecular weight is 578 g/mol. The molecule has 0 unspecified atom stereocenters. The maximum Gasteiger partial charge on any atom is 3.00 e. The van der Waals surface area contributed by atoms with Crippen molar-refractivity contribution in [3.63, 3.8) is 0 Å². The predicted molar refractivity (Wildman–Crippen MR) is 94.9 cm³/mol. The zero-order valence-electron chi connectivity index (χ0n) is 15.7. The van der Waals surface area contributed by atoms with E-state index in [0.717, 1.165) is 35.7 Å². The summed E-state index contributed by atoms with van der Waals surface area (Å²) in [5.74, 6) is 1.34. The van der Waals surface area contributed by atoms with E-state index in [9.17, 15) is 0 Å². The average Bonchev–Trinajstić information content (AvgIpc) is 3.28. The SMILES string of the molecule is COCCC1=NC(c2cccc(C3=NCC(CCOC)=N3)n2)=NC1.[Cl-].[Cl-].[Cl-].[Nd+3]. The number of nitrogens with zero attached hydrogens (tertiary/aromatic N) is 5. The van der Waals surface area contributed by atoms with Crippen molar-refractivity contribution in [1.82, 2.24) is 4.98 Å². The van der Waals surface area contributed by atoms with E-state index in [0.29, 0.717) is 38.0 Å². The number of halogens is 3. The fourth-order valence-corrected chi connectivity index (χ4v) is 2.44. The van der Waals surface area contributed by atoms with Gasteiger partial charge in [-0.15, -0.1) is 0 Å². The molecule has 3 rings (SSSR count). The molecule has 0 saturated carbocycles. The minimum atomic E-state index is 0. The number of hydrogen-bond acceptors (Lipinski definition) is 7. The molecule has 0 saturated heterocycles. The van der Waals surface area contributed by atoms with E-state index >= 15 is 0 Å². The van der Waals surface area contributed by atoms with Crippen LogP contribution < -0.4 is 37.2 Å². The molecule has 1 radical (unpaired) electrons. The molecule has 0 atom stereocenters. The molecule has 2 aliphatic rings. The third-order valence-electron chi connectivity index (χ3n) is 3.75. The van der Waals surface area contributed by atoms with E-state index in [4.69, 9.17) is 9.47 Å². The fourth-order valence-electron chi connectivity index (χ4n) is 2.44. The molecule has 0 fully saturated rings. The zero-order valence-corrected chi connectivity index (χ0v) is 21.1. The van der Waals surface area contributed by atoms with Crippen molar-refractivity contribution in [1.29, 1.82) is 0 Å². The Bertz CT molecular complexity index is 684. The van der Waals surface area contributed by atoms with Crippen molar-refractivity contribution in [2.45, 2.75) is 12.8 Å². The first kappa shape index (κ1) is 30.2. The molecule has 3 heterocycles. The van der Waals surface area contributed by atoms with Crippen LogP contribution in [0, 0.1) is 40.8 Å². The smallest absolute Gasteiger partial charge is 1.00 e. The van der Waals surface area contributed by atoms with Crippen LogP contribution in [0.25, 0.3) is 0 Å². The molecule has 28 heavy (non-hydrogen) atoms. The minimum Gasteiger partial charge on any atom is -1.00 e. The summed E-state index contributed by atoms with van der Waals surface area (Å²) in [6.45, 7) is 2.55. The molecule has 0 bridgehead atoms. The van der Waals surface area contributed by atoms with E-state index in [1.807, 2.05) is 18.2 Å². The van der Waals surface area contributed by atoms with Crippen LogP contribution in [0.1, 0.15) is 24.2 Å². The van der Waals surface area contributed by atoms with E-state index in [1.165, 1.54) is 0 Å². The van der Waals surface area contributed by atoms with Crippen molar-refractivity contribution in [2.24, 2.45) is 20.0 Å². The number of aliphatic imine (C=N–C) groups is 4. The standard InChI is InChI=1S/C17H21N5O2.3ClH.Nd/c1-23-8-6-12-10-18-16(20-12)14-4-3-5-15(22-14)17-19-11-13(21-17)7-9-24-2;;;;/h3-5H,6-11H2,1-2H3;3*1H;/q;;;;+3/p-3. The fraction of sp³-hybridized carbons (Fsp3) is 0.471. The van der Waals surface area contributed by atoms with Gasteiger partial charge in [0, 0.05) is 38.5 Å². The molecule has 1 aromatic rings. The molecular weight excluding hydrogens is 557 g/mol. The van der Waals surface area contributed by atoms with Crippen LogP contribution in [-0.2, 0) is 9.47 Å². The van der Waals surface area contributed by atoms with Gasteiger partial charge in [0.05, 0.1) is 26.3 Å². The van der Waals surface area contributed by atoms with E-state index in [1.54, 1.807) is 14.2 Å². The largest absolute Gasteiger partial charge is 3.00 e. The Morgan fingerprint density at radius 2 is 1.21 bits per heavy atom. The van der Waals surface area contributed by atoms with E-state index in [-0.39, 0.29) is 78.1 Å². The molecule has 0 spiro atoms. The topological polar surface area (TPSA) is 80.8 Å². The summed E-state index contributed by atoms with van der Waals surface area (Å²) < 4.78 is 10.2. The van der Waals surface area contributed by atoms with Crippen LogP contribution in [-0.4, -0.2) is 68.6 Å². The summed E-state index contributed by atoms with van der Waals surface area (Å²) >= 11 is 0. The maximum absolute atomic E-state index is 5.08. The number of aromatic nitrogens is 1. The Morgan fingerprint density at radius 1 is 0.786 bits per heavy atom. The molecule has 0 amide bonds. The molecule has 7 nitrogen and oxygen atoms in total. The van der Waals surface area contributed by atoms with Gasteiger partial charge in [-0.1, -0.05) is 6.07 Å². The molecule has 151 valence electrons. The van der Waals surface area contributed by atoms with Crippen LogP contribution >= 0.6 is 0 Å². The quantitative estimate of drug-likeness (QED) is 0.308. The molecule has 0 aliphatic carbocycles. The van der Waals surface area contributed by atoms with Gasteiger partial charge in [-0.3, -0.25) is 9.98 Å². The Hall–Kier alpha value is -0.0294. The Balaban J connectivity index is 0. The second-order valence-corrected chi connectivity index (χ2v) is 5.53. The Morgan fingerprint density at radius 3 is 1.61 bits per heavy atom. The number of hydrogen-bond donors (Lipinski definition) is 0. The Kier molecular flexibility index (Phi) is 17.0. The molecule has 1 aromatic heterocycles. The van der Waals surface area contributed by atoms with E-state index < -0.39 is 0 Å². The first-order valence-corrected chi connectivity index (χ1v) is 7.97. The van der Waals surface area contributed by atoms with Gasteiger partial charge in [0.1, 0.15) is 11.4 Å². The molecule has 11 heteroatoms. The van der Waals surface area contributed by atoms with Crippen molar-refractivity contribution < 1.29 is 87.5 Å². The van der Waals surface area contributed by atoms with Gasteiger partial charge in [-0.2, -0.15) is 0 Å².